The first kappa shape index (κ1) is 26.9. The molecule has 0 saturated heterocycles. The normalized spacial score (nSPS) is 16.0. The average Bonchev–Trinajstić information content (AvgIpc) is 2.91. The molecule has 2 aromatic rings. The van der Waals surface area contributed by atoms with Crippen LogP contribution in [0.2, 0.25) is 0 Å². The second-order valence-corrected chi connectivity index (χ2v) is 9.65. The monoisotopic (exact) mass is 515 g/mol. The number of benzene rings is 2. The highest BCUT2D eigenvalue weighted by Gasteiger charge is 2.41. The number of fused-ring (bicyclic) bond motifs is 1. The molecular formula is C30H33N3O5. The van der Waals surface area contributed by atoms with Crippen molar-refractivity contribution in [2.45, 2.75) is 51.9 Å². The summed E-state index contributed by atoms with van der Waals surface area (Å²) in [6.07, 6.45) is 7.89. The van der Waals surface area contributed by atoms with Gasteiger partial charge in [-0.3, -0.25) is 15.0 Å². The largest absolute Gasteiger partial charge is 0.506 e. The van der Waals surface area contributed by atoms with Crippen molar-refractivity contribution in [2.75, 3.05) is 23.3 Å². The number of unbranched alkanes of at least 4 members (excludes halogenated alkanes) is 4. The van der Waals surface area contributed by atoms with Crippen LogP contribution in [0, 0.1) is 5.41 Å². The highest BCUT2D eigenvalue weighted by molar-refractivity contribution is 6.53. The van der Waals surface area contributed by atoms with Crippen LogP contribution in [0.4, 0.5) is 11.4 Å². The molecule has 4 rings (SSSR count). The topological polar surface area (TPSA) is 131 Å². The van der Waals surface area contributed by atoms with Gasteiger partial charge in [-0.05, 0) is 54.7 Å². The van der Waals surface area contributed by atoms with Gasteiger partial charge in [0, 0.05) is 24.5 Å². The number of amides is 1. The zero-order valence-electron chi connectivity index (χ0n) is 21.5. The molecule has 38 heavy (non-hydrogen) atoms. The van der Waals surface area contributed by atoms with Gasteiger partial charge in [0.1, 0.15) is 5.76 Å². The van der Waals surface area contributed by atoms with Crippen LogP contribution in [0.5, 0.6) is 0 Å². The minimum absolute atomic E-state index is 0.0303. The molecule has 0 radical (unpaired) electrons. The fourth-order valence-electron chi connectivity index (χ4n) is 5.05. The van der Waals surface area contributed by atoms with Crippen LogP contribution in [0.1, 0.15) is 56.6 Å². The Morgan fingerprint density at radius 3 is 2.47 bits per heavy atom. The Labute approximate surface area is 222 Å². The lowest BCUT2D eigenvalue weighted by molar-refractivity contribution is -0.129. The lowest BCUT2D eigenvalue weighted by atomic mass is 9.79. The van der Waals surface area contributed by atoms with Gasteiger partial charge in [-0.25, -0.2) is 4.79 Å². The van der Waals surface area contributed by atoms with E-state index in [0.717, 1.165) is 43.6 Å². The Kier molecular flexibility index (Phi) is 8.41. The third-order valence-electron chi connectivity index (χ3n) is 7.01. The summed E-state index contributed by atoms with van der Waals surface area (Å²) in [5.41, 5.74) is 0.961. The third kappa shape index (κ3) is 5.54. The summed E-state index contributed by atoms with van der Waals surface area (Å²) in [4.78, 5) is 40.1. The number of aliphatic hydroxyl groups is 1. The molecule has 2 aromatic carbocycles. The zero-order valence-corrected chi connectivity index (χ0v) is 21.5. The number of rotatable bonds is 11. The summed E-state index contributed by atoms with van der Waals surface area (Å²) < 4.78 is 0. The van der Waals surface area contributed by atoms with Crippen molar-refractivity contribution in [1.82, 2.24) is 0 Å². The first-order valence-corrected chi connectivity index (χ1v) is 13.1. The molecule has 0 bridgehead atoms. The smallest absolute Gasteiger partial charge is 0.354 e. The van der Waals surface area contributed by atoms with Crippen LogP contribution in [0.15, 0.2) is 65.4 Å². The minimum atomic E-state index is -1.67. The number of hydrogen-bond donors (Lipinski definition) is 4. The maximum absolute atomic E-state index is 13.2. The van der Waals surface area contributed by atoms with Gasteiger partial charge in [0.15, 0.2) is 5.71 Å². The number of hydrogen-bond acceptors (Lipinski definition) is 6. The summed E-state index contributed by atoms with van der Waals surface area (Å²) in [5.74, 6) is -3.75. The standard InChI is InChI=1S/C30H33N3O5/c1-2-3-4-5-9-16-33-17-10-11-19-18-20(14-15-22(19)33)23-27(34)25(28(23)35)24(26(31)30(37)38)29(36)32-21-12-7-6-8-13-21/h6-8,12-15,18,31,34H,2-5,9-11,16-17H2,1H3,(H,32,36)(H,37,38)/b25-24+,31-26?. The number of nitrogens with one attached hydrogen (secondary N) is 2. The van der Waals surface area contributed by atoms with E-state index in [1.807, 2.05) is 12.1 Å². The molecule has 0 spiro atoms. The second-order valence-electron chi connectivity index (χ2n) is 9.65. The summed E-state index contributed by atoms with van der Waals surface area (Å²) in [6, 6.07) is 13.9. The highest BCUT2D eigenvalue weighted by Crippen LogP contribution is 2.40. The summed E-state index contributed by atoms with van der Waals surface area (Å²) in [5, 5.41) is 30.7. The van der Waals surface area contributed by atoms with Crippen LogP contribution in [-0.4, -0.2) is 46.7 Å². The molecule has 8 heteroatoms. The molecule has 198 valence electrons. The maximum Gasteiger partial charge on any atom is 0.354 e. The van der Waals surface area contributed by atoms with Crippen LogP contribution in [0.25, 0.3) is 5.57 Å². The molecule has 0 saturated carbocycles. The third-order valence-corrected chi connectivity index (χ3v) is 7.01. The maximum atomic E-state index is 13.2. The Hall–Kier alpha value is -4.20. The molecule has 0 unspecified atom stereocenters. The van der Waals surface area contributed by atoms with E-state index >= 15 is 0 Å². The van der Waals surface area contributed by atoms with E-state index in [1.165, 1.54) is 25.7 Å². The van der Waals surface area contributed by atoms with Gasteiger partial charge in [-0.1, -0.05) is 56.9 Å². The molecule has 2 aliphatic rings. The van der Waals surface area contributed by atoms with Crippen LogP contribution >= 0.6 is 0 Å². The van der Waals surface area contributed by atoms with Crippen LogP contribution in [0.3, 0.4) is 0 Å². The number of allylic oxidation sites excluding steroid dienone is 2. The predicted octanol–water partition coefficient (Wildman–Crippen LogP) is 5.30. The van der Waals surface area contributed by atoms with Gasteiger partial charge >= 0.3 is 5.97 Å². The number of carboxylic acid groups (broad SMARTS) is 1. The summed E-state index contributed by atoms with van der Waals surface area (Å²) in [7, 11) is 0. The number of ketones is 1. The first-order chi connectivity index (χ1) is 18.3. The number of Topliss-reactive ketones (excluding diaryl/α,β-unsaturated/α-hetero) is 1. The van der Waals surface area contributed by atoms with Gasteiger partial charge in [0.05, 0.1) is 16.7 Å². The van der Waals surface area contributed by atoms with Crippen molar-refractivity contribution >= 4 is 40.3 Å². The number of carbonyl (C=O) groups excluding carboxylic acids is 2. The Bertz CT molecular complexity index is 1330. The van der Waals surface area contributed by atoms with E-state index < -0.39 is 40.3 Å². The molecule has 4 N–H and O–H groups in total. The van der Waals surface area contributed by atoms with E-state index in [0.29, 0.717) is 11.3 Å². The van der Waals surface area contributed by atoms with Gasteiger partial charge < -0.3 is 20.4 Å². The Balaban J connectivity index is 1.61. The van der Waals surface area contributed by atoms with Crippen molar-refractivity contribution in [3.05, 3.63) is 76.6 Å². The molecular weight excluding hydrogens is 482 g/mol. The minimum Gasteiger partial charge on any atom is -0.506 e. The fraction of sp³-hybridized carbons (Fsp3) is 0.333. The SMILES string of the molecule is CCCCCCCN1CCCc2cc(C3=C(O)/C(=C(/C(=N)C(=O)O)C(=O)Nc4ccccc4)C3=O)ccc21. The summed E-state index contributed by atoms with van der Waals surface area (Å²) in [6.45, 7) is 4.16. The van der Waals surface area contributed by atoms with Crippen molar-refractivity contribution in [2.24, 2.45) is 0 Å². The molecule has 1 aliphatic heterocycles. The van der Waals surface area contributed by atoms with Gasteiger partial charge in [-0.15, -0.1) is 0 Å². The number of carbonyl (C=O) groups is 3. The number of anilines is 2. The number of aliphatic hydroxyl groups excluding tert-OH is 1. The molecule has 0 fully saturated rings. The van der Waals surface area contributed by atoms with E-state index in [2.05, 4.69) is 17.1 Å². The predicted molar refractivity (Wildman–Crippen MR) is 148 cm³/mol. The van der Waals surface area contributed by atoms with Gasteiger partial charge in [0.2, 0.25) is 5.78 Å². The van der Waals surface area contributed by atoms with E-state index in [4.69, 9.17) is 5.41 Å². The van der Waals surface area contributed by atoms with E-state index in [-0.39, 0.29) is 5.57 Å². The molecule has 1 amide bonds. The molecule has 8 nitrogen and oxygen atoms in total. The Morgan fingerprint density at radius 2 is 1.79 bits per heavy atom. The first-order valence-electron chi connectivity index (χ1n) is 13.1. The Morgan fingerprint density at radius 1 is 1.05 bits per heavy atom. The lowest BCUT2D eigenvalue weighted by Gasteiger charge is -2.32. The number of para-hydroxylation sites is 1. The average molecular weight is 516 g/mol. The molecule has 1 heterocycles. The number of carboxylic acids is 1. The van der Waals surface area contributed by atoms with Crippen molar-refractivity contribution < 1.29 is 24.6 Å². The zero-order chi connectivity index (χ0) is 27.2. The molecule has 1 aliphatic carbocycles. The number of aryl methyl sites for hydroxylation is 1. The molecule has 0 aromatic heterocycles. The van der Waals surface area contributed by atoms with Crippen molar-refractivity contribution in [1.29, 1.82) is 5.41 Å². The highest BCUT2D eigenvalue weighted by atomic mass is 16.4. The van der Waals surface area contributed by atoms with Crippen LogP contribution < -0.4 is 10.2 Å². The van der Waals surface area contributed by atoms with Gasteiger partial charge in [0.25, 0.3) is 5.91 Å². The second kappa shape index (κ2) is 11.9. The van der Waals surface area contributed by atoms with E-state index in [9.17, 15) is 24.6 Å². The fourth-order valence-corrected chi connectivity index (χ4v) is 5.05. The van der Waals surface area contributed by atoms with Gasteiger partial charge in [-0.2, -0.15) is 0 Å². The quantitative estimate of drug-likeness (QED) is 0.182. The molecule has 0 atom stereocenters. The summed E-state index contributed by atoms with van der Waals surface area (Å²) >= 11 is 0. The van der Waals surface area contributed by atoms with Crippen LogP contribution in [-0.2, 0) is 20.8 Å². The lowest BCUT2D eigenvalue weighted by Crippen LogP contribution is -2.33. The van der Waals surface area contributed by atoms with Crippen molar-refractivity contribution in [3.63, 3.8) is 0 Å². The number of aliphatic carboxylic acids is 1. The van der Waals surface area contributed by atoms with Crippen molar-refractivity contribution in [3.8, 4) is 0 Å². The number of nitrogens with zero attached hydrogens (tertiary/aromatic N) is 1. The van der Waals surface area contributed by atoms with E-state index in [1.54, 1.807) is 36.4 Å².